The molecule has 10 aromatic carbocycles. The summed E-state index contributed by atoms with van der Waals surface area (Å²) in [5.41, 5.74) is 18.3. The number of hydrogen-bond donors (Lipinski definition) is 0. The standard InChI is InChI=1S/C55H36/c1-55(2)52-31-34(24-26-46(52)47-27-25-35(32-53(47)55)51-30-33-12-3-4-13-36(33)38-14-5-8-17-44(38)51)37-18-9-20-40-39(37)19-10-21-41(40)45-28-29-50-43-16-7-6-15-42(43)48-22-11-23-49(45)54(48)50/h3-32H,1-2H3. The van der Waals surface area contributed by atoms with Crippen LogP contribution in [0.4, 0.5) is 0 Å². The van der Waals surface area contributed by atoms with E-state index in [1.807, 2.05) is 0 Å². The second-order valence-corrected chi connectivity index (χ2v) is 16.0. The Bertz CT molecular complexity index is 3250. The molecule has 0 atom stereocenters. The number of benzene rings is 10. The van der Waals surface area contributed by atoms with Gasteiger partial charge < -0.3 is 0 Å². The number of rotatable bonds is 3. The van der Waals surface area contributed by atoms with Crippen molar-refractivity contribution in [2.45, 2.75) is 19.3 Å². The SMILES string of the molecule is CC1(C)c2cc(-c3cccc4c(-c5ccc6c7c(cccc57)-c5ccccc5-6)cccc34)ccc2-c2ccc(-c3cc4ccccc4c4ccccc34)cc21. The summed E-state index contributed by atoms with van der Waals surface area (Å²) in [5.74, 6) is 0. The Balaban J connectivity index is 0.975. The Labute approximate surface area is 321 Å². The smallest absolute Gasteiger partial charge is 0.0159 e. The van der Waals surface area contributed by atoms with E-state index < -0.39 is 0 Å². The molecule has 0 bridgehead atoms. The molecule has 0 heterocycles. The lowest BCUT2D eigenvalue weighted by molar-refractivity contribution is 0.661. The highest BCUT2D eigenvalue weighted by molar-refractivity contribution is 6.20. The summed E-state index contributed by atoms with van der Waals surface area (Å²) in [6, 6.07) is 68.3. The maximum Gasteiger partial charge on any atom is 0.0159 e. The number of fused-ring (bicyclic) bond motifs is 10. The lowest BCUT2D eigenvalue weighted by Crippen LogP contribution is -2.15. The van der Waals surface area contributed by atoms with Crippen LogP contribution in [-0.2, 0) is 5.41 Å². The van der Waals surface area contributed by atoms with Gasteiger partial charge in [-0.15, -0.1) is 0 Å². The summed E-state index contributed by atoms with van der Waals surface area (Å²) in [4.78, 5) is 0. The summed E-state index contributed by atoms with van der Waals surface area (Å²) in [5, 5.41) is 10.4. The van der Waals surface area contributed by atoms with Gasteiger partial charge in [0.25, 0.3) is 0 Å². The summed E-state index contributed by atoms with van der Waals surface area (Å²) in [6.07, 6.45) is 0. The second-order valence-electron chi connectivity index (χ2n) is 16.0. The average molecular weight is 697 g/mol. The van der Waals surface area contributed by atoms with Gasteiger partial charge in [0.1, 0.15) is 0 Å². The molecule has 2 aliphatic carbocycles. The summed E-state index contributed by atoms with van der Waals surface area (Å²) < 4.78 is 0. The van der Waals surface area contributed by atoms with Gasteiger partial charge in [0.2, 0.25) is 0 Å². The minimum atomic E-state index is -0.151. The zero-order valence-corrected chi connectivity index (χ0v) is 30.8. The third kappa shape index (κ3) is 4.23. The van der Waals surface area contributed by atoms with Crippen molar-refractivity contribution in [1.29, 1.82) is 0 Å². The lowest BCUT2D eigenvalue weighted by atomic mass is 9.80. The van der Waals surface area contributed by atoms with Crippen LogP contribution in [0.25, 0.3) is 110 Å². The highest BCUT2D eigenvalue weighted by Crippen LogP contribution is 2.53. The molecule has 0 spiro atoms. The van der Waals surface area contributed by atoms with E-state index in [1.165, 1.54) is 121 Å². The van der Waals surface area contributed by atoms with Gasteiger partial charge in [-0.3, -0.25) is 0 Å². The van der Waals surface area contributed by atoms with Gasteiger partial charge in [-0.1, -0.05) is 178 Å². The molecule has 256 valence electrons. The minimum Gasteiger partial charge on any atom is -0.0616 e. The Morgan fingerprint density at radius 2 is 0.709 bits per heavy atom. The molecule has 0 N–H and O–H groups in total. The largest absolute Gasteiger partial charge is 0.0616 e. The quantitative estimate of drug-likeness (QED) is 0.161. The zero-order chi connectivity index (χ0) is 36.4. The van der Waals surface area contributed by atoms with E-state index >= 15 is 0 Å². The van der Waals surface area contributed by atoms with Gasteiger partial charge >= 0.3 is 0 Å². The highest BCUT2D eigenvalue weighted by Gasteiger charge is 2.36. The first-order chi connectivity index (χ1) is 27.0. The highest BCUT2D eigenvalue weighted by atomic mass is 14.4. The van der Waals surface area contributed by atoms with E-state index in [0.29, 0.717) is 0 Å². The molecule has 55 heavy (non-hydrogen) atoms. The van der Waals surface area contributed by atoms with Gasteiger partial charge in [0, 0.05) is 5.41 Å². The van der Waals surface area contributed by atoms with Crippen LogP contribution in [0.5, 0.6) is 0 Å². The van der Waals surface area contributed by atoms with Crippen LogP contribution in [-0.4, -0.2) is 0 Å². The van der Waals surface area contributed by atoms with Gasteiger partial charge in [-0.05, 0) is 139 Å². The fourth-order valence-electron chi connectivity index (χ4n) is 10.2. The van der Waals surface area contributed by atoms with Crippen molar-refractivity contribution in [3.63, 3.8) is 0 Å². The minimum absolute atomic E-state index is 0.151. The molecule has 0 radical (unpaired) electrons. The van der Waals surface area contributed by atoms with Gasteiger partial charge in [-0.2, -0.15) is 0 Å². The van der Waals surface area contributed by atoms with Crippen molar-refractivity contribution in [2.24, 2.45) is 0 Å². The Hall–Kier alpha value is -6.76. The van der Waals surface area contributed by atoms with E-state index in [2.05, 4.69) is 196 Å². The first-order valence-electron chi connectivity index (χ1n) is 19.4. The van der Waals surface area contributed by atoms with E-state index in [-0.39, 0.29) is 5.41 Å². The van der Waals surface area contributed by atoms with E-state index in [9.17, 15) is 0 Å². The van der Waals surface area contributed by atoms with E-state index in [1.54, 1.807) is 0 Å². The normalized spacial score (nSPS) is 13.4. The molecular weight excluding hydrogens is 661 g/mol. The third-order valence-electron chi connectivity index (χ3n) is 12.8. The van der Waals surface area contributed by atoms with Crippen LogP contribution in [0.15, 0.2) is 182 Å². The predicted octanol–water partition coefficient (Wildman–Crippen LogP) is 15.3. The predicted molar refractivity (Wildman–Crippen MR) is 235 cm³/mol. The van der Waals surface area contributed by atoms with Crippen LogP contribution in [0.1, 0.15) is 25.0 Å². The maximum absolute atomic E-state index is 2.47. The first kappa shape index (κ1) is 30.7. The van der Waals surface area contributed by atoms with Crippen molar-refractivity contribution in [1.82, 2.24) is 0 Å². The van der Waals surface area contributed by atoms with Crippen LogP contribution in [0.2, 0.25) is 0 Å². The molecule has 12 rings (SSSR count). The van der Waals surface area contributed by atoms with Crippen molar-refractivity contribution in [2.75, 3.05) is 0 Å². The average Bonchev–Trinajstić information content (AvgIpc) is 3.68. The molecule has 0 fully saturated rings. The molecule has 0 aromatic heterocycles. The molecule has 0 unspecified atom stereocenters. The van der Waals surface area contributed by atoms with Crippen LogP contribution >= 0.6 is 0 Å². The fourth-order valence-corrected chi connectivity index (χ4v) is 10.2. The van der Waals surface area contributed by atoms with E-state index in [0.717, 1.165) is 0 Å². The molecule has 0 saturated heterocycles. The van der Waals surface area contributed by atoms with Crippen molar-refractivity contribution >= 4 is 43.1 Å². The molecule has 0 saturated carbocycles. The molecule has 0 nitrogen and oxygen atoms in total. The fraction of sp³-hybridized carbons (Fsp3) is 0.0545. The third-order valence-corrected chi connectivity index (χ3v) is 12.8. The summed E-state index contributed by atoms with van der Waals surface area (Å²) in [7, 11) is 0. The summed E-state index contributed by atoms with van der Waals surface area (Å²) in [6.45, 7) is 4.80. The second kappa shape index (κ2) is 11.1. The monoisotopic (exact) mass is 696 g/mol. The van der Waals surface area contributed by atoms with Crippen molar-refractivity contribution in [3.05, 3.63) is 193 Å². The molecule has 0 aliphatic heterocycles. The van der Waals surface area contributed by atoms with Gasteiger partial charge in [-0.25, -0.2) is 0 Å². The number of hydrogen-bond acceptors (Lipinski definition) is 0. The molecule has 0 amide bonds. The Morgan fingerprint density at radius 3 is 1.44 bits per heavy atom. The van der Waals surface area contributed by atoms with Crippen molar-refractivity contribution < 1.29 is 0 Å². The topological polar surface area (TPSA) is 0 Å². The molecule has 0 heteroatoms. The lowest BCUT2D eigenvalue weighted by Gasteiger charge is -2.23. The molecule has 2 aliphatic rings. The maximum atomic E-state index is 2.47. The Morgan fingerprint density at radius 1 is 0.273 bits per heavy atom. The van der Waals surface area contributed by atoms with Crippen molar-refractivity contribution in [3.8, 4) is 66.8 Å². The van der Waals surface area contributed by atoms with Crippen LogP contribution in [0.3, 0.4) is 0 Å². The van der Waals surface area contributed by atoms with Gasteiger partial charge in [0.15, 0.2) is 0 Å². The van der Waals surface area contributed by atoms with Gasteiger partial charge in [0.05, 0.1) is 0 Å². The first-order valence-corrected chi connectivity index (χ1v) is 19.4. The van der Waals surface area contributed by atoms with E-state index in [4.69, 9.17) is 0 Å². The summed E-state index contributed by atoms with van der Waals surface area (Å²) >= 11 is 0. The van der Waals surface area contributed by atoms with Crippen LogP contribution < -0.4 is 0 Å². The molecular formula is C55H36. The Kier molecular flexibility index (Phi) is 6.21. The zero-order valence-electron chi connectivity index (χ0n) is 30.8. The molecule has 10 aromatic rings. The van der Waals surface area contributed by atoms with Crippen LogP contribution in [0, 0.1) is 0 Å².